The minimum atomic E-state index is -0.371. The zero-order chi connectivity index (χ0) is 15.8. The summed E-state index contributed by atoms with van der Waals surface area (Å²) in [6.07, 6.45) is 6.29. The summed E-state index contributed by atoms with van der Waals surface area (Å²) in [6, 6.07) is 5.43. The number of ether oxygens (including phenoxy) is 4. The van der Waals surface area contributed by atoms with E-state index < -0.39 is 0 Å². The maximum Gasteiger partial charge on any atom is 0.330 e. The predicted octanol–water partition coefficient (Wildman–Crippen LogP) is 2.83. The lowest BCUT2D eigenvalue weighted by Gasteiger charge is -2.21. The van der Waals surface area contributed by atoms with Crippen molar-refractivity contribution in [1.29, 1.82) is 0 Å². The van der Waals surface area contributed by atoms with Gasteiger partial charge in [-0.1, -0.05) is 6.07 Å². The molecule has 0 aliphatic carbocycles. The first kappa shape index (κ1) is 16.4. The smallest absolute Gasteiger partial charge is 0.330 e. The number of rotatable bonds is 6. The van der Waals surface area contributed by atoms with Crippen LogP contribution in [0.4, 0.5) is 0 Å². The van der Waals surface area contributed by atoms with Gasteiger partial charge in [-0.05, 0) is 43.0 Å². The second kappa shape index (κ2) is 8.44. The average molecular weight is 306 g/mol. The Morgan fingerprint density at radius 2 is 2.09 bits per heavy atom. The molecule has 5 heteroatoms. The first-order chi connectivity index (χ1) is 10.7. The zero-order valence-corrected chi connectivity index (χ0v) is 13.0. The van der Waals surface area contributed by atoms with E-state index in [2.05, 4.69) is 0 Å². The molecular weight excluding hydrogens is 284 g/mol. The first-order valence-corrected chi connectivity index (χ1v) is 7.41. The lowest BCUT2D eigenvalue weighted by Crippen LogP contribution is -2.25. The van der Waals surface area contributed by atoms with Gasteiger partial charge in [-0.15, -0.1) is 0 Å². The number of esters is 1. The summed E-state index contributed by atoms with van der Waals surface area (Å²) in [6.45, 7) is 1.07. The number of methoxy groups -OCH3 is 2. The van der Waals surface area contributed by atoms with Crippen LogP contribution in [0, 0.1) is 0 Å². The molecule has 1 aromatic rings. The SMILES string of the molecule is COc1ccc(C=CC(=O)OCC2CCCCO2)cc1OC. The van der Waals surface area contributed by atoms with Crippen molar-refractivity contribution < 1.29 is 23.7 Å². The number of carbonyl (C=O) groups is 1. The summed E-state index contributed by atoms with van der Waals surface area (Å²) in [7, 11) is 3.15. The molecule has 1 saturated heterocycles. The fourth-order valence-corrected chi connectivity index (χ4v) is 2.28. The van der Waals surface area contributed by atoms with Gasteiger partial charge in [0.2, 0.25) is 0 Å². The molecular formula is C17H22O5. The number of benzene rings is 1. The Labute approximate surface area is 130 Å². The van der Waals surface area contributed by atoms with Gasteiger partial charge < -0.3 is 18.9 Å². The minimum Gasteiger partial charge on any atom is -0.493 e. The third-order valence-corrected chi connectivity index (χ3v) is 3.50. The van der Waals surface area contributed by atoms with Crippen LogP contribution in [0.2, 0.25) is 0 Å². The van der Waals surface area contributed by atoms with Crippen LogP contribution in [0.1, 0.15) is 24.8 Å². The van der Waals surface area contributed by atoms with Crippen LogP contribution in [0.15, 0.2) is 24.3 Å². The van der Waals surface area contributed by atoms with E-state index in [1.807, 2.05) is 6.07 Å². The molecule has 0 saturated carbocycles. The monoisotopic (exact) mass is 306 g/mol. The van der Waals surface area contributed by atoms with Crippen LogP contribution in [-0.4, -0.2) is 39.5 Å². The first-order valence-electron chi connectivity index (χ1n) is 7.41. The van der Waals surface area contributed by atoms with Crippen molar-refractivity contribution in [1.82, 2.24) is 0 Å². The Bertz CT molecular complexity index is 518. The van der Waals surface area contributed by atoms with E-state index in [0.717, 1.165) is 31.4 Å². The summed E-state index contributed by atoms with van der Waals surface area (Å²) < 4.78 is 21.1. The summed E-state index contributed by atoms with van der Waals surface area (Å²) in [5, 5.41) is 0. The molecule has 5 nitrogen and oxygen atoms in total. The average Bonchev–Trinajstić information content (AvgIpc) is 2.58. The topological polar surface area (TPSA) is 54.0 Å². The Morgan fingerprint density at radius 1 is 1.27 bits per heavy atom. The standard InChI is InChI=1S/C17H22O5/c1-19-15-8-6-13(11-16(15)20-2)7-9-17(18)22-12-14-5-3-4-10-21-14/h6-9,11,14H,3-5,10,12H2,1-2H3. The van der Waals surface area contributed by atoms with E-state index in [0.29, 0.717) is 18.1 Å². The molecule has 22 heavy (non-hydrogen) atoms. The van der Waals surface area contributed by atoms with Crippen molar-refractivity contribution in [3.8, 4) is 11.5 Å². The van der Waals surface area contributed by atoms with E-state index in [1.54, 1.807) is 32.4 Å². The molecule has 1 aliphatic rings. The minimum absolute atomic E-state index is 0.0344. The summed E-state index contributed by atoms with van der Waals surface area (Å²) in [5.41, 5.74) is 0.837. The number of hydrogen-bond donors (Lipinski definition) is 0. The molecule has 1 fully saturated rings. The third kappa shape index (κ3) is 4.77. The molecule has 0 N–H and O–H groups in total. The Morgan fingerprint density at radius 3 is 2.77 bits per heavy atom. The molecule has 2 rings (SSSR count). The highest BCUT2D eigenvalue weighted by molar-refractivity contribution is 5.87. The maximum atomic E-state index is 11.7. The predicted molar refractivity (Wildman–Crippen MR) is 83.1 cm³/mol. The molecule has 120 valence electrons. The van der Waals surface area contributed by atoms with Crippen LogP contribution in [0.3, 0.4) is 0 Å². The Kier molecular flexibility index (Phi) is 6.27. The Balaban J connectivity index is 1.86. The lowest BCUT2D eigenvalue weighted by molar-refractivity contribution is -0.143. The van der Waals surface area contributed by atoms with Crippen molar-refractivity contribution in [3.05, 3.63) is 29.8 Å². The van der Waals surface area contributed by atoms with Gasteiger partial charge in [0.05, 0.1) is 20.3 Å². The van der Waals surface area contributed by atoms with Crippen LogP contribution in [-0.2, 0) is 14.3 Å². The highest BCUT2D eigenvalue weighted by atomic mass is 16.6. The van der Waals surface area contributed by atoms with E-state index in [9.17, 15) is 4.79 Å². The number of carbonyl (C=O) groups excluding carboxylic acids is 1. The normalized spacial score (nSPS) is 18.2. The summed E-state index contributed by atoms with van der Waals surface area (Å²) in [5.74, 6) is 0.897. The molecule has 0 radical (unpaired) electrons. The van der Waals surface area contributed by atoms with Gasteiger partial charge in [-0.2, -0.15) is 0 Å². The van der Waals surface area contributed by atoms with E-state index in [4.69, 9.17) is 18.9 Å². The van der Waals surface area contributed by atoms with E-state index >= 15 is 0 Å². The van der Waals surface area contributed by atoms with E-state index in [-0.39, 0.29) is 12.1 Å². The van der Waals surface area contributed by atoms with Gasteiger partial charge in [0.15, 0.2) is 11.5 Å². The molecule has 1 aromatic carbocycles. The van der Waals surface area contributed by atoms with Crippen molar-refractivity contribution >= 4 is 12.0 Å². The highest BCUT2D eigenvalue weighted by Crippen LogP contribution is 2.27. The van der Waals surface area contributed by atoms with Crippen molar-refractivity contribution in [2.24, 2.45) is 0 Å². The maximum absolute atomic E-state index is 11.7. The molecule has 1 unspecified atom stereocenters. The van der Waals surface area contributed by atoms with Gasteiger partial charge in [0.25, 0.3) is 0 Å². The fourth-order valence-electron chi connectivity index (χ4n) is 2.28. The van der Waals surface area contributed by atoms with Crippen LogP contribution >= 0.6 is 0 Å². The van der Waals surface area contributed by atoms with Crippen molar-refractivity contribution in [2.45, 2.75) is 25.4 Å². The molecule has 0 aromatic heterocycles. The second-order valence-corrected chi connectivity index (χ2v) is 5.07. The second-order valence-electron chi connectivity index (χ2n) is 5.07. The van der Waals surface area contributed by atoms with Crippen LogP contribution in [0.5, 0.6) is 11.5 Å². The number of hydrogen-bond acceptors (Lipinski definition) is 5. The quantitative estimate of drug-likeness (QED) is 0.597. The summed E-state index contributed by atoms with van der Waals surface area (Å²) in [4.78, 5) is 11.7. The molecule has 0 bridgehead atoms. The zero-order valence-electron chi connectivity index (χ0n) is 13.0. The van der Waals surface area contributed by atoms with Gasteiger partial charge in [0.1, 0.15) is 6.61 Å². The molecule has 1 atom stereocenters. The third-order valence-electron chi connectivity index (χ3n) is 3.50. The van der Waals surface area contributed by atoms with Crippen LogP contribution < -0.4 is 9.47 Å². The Hall–Kier alpha value is -2.01. The molecule has 0 spiro atoms. The van der Waals surface area contributed by atoms with E-state index in [1.165, 1.54) is 6.08 Å². The molecule has 1 aliphatic heterocycles. The highest BCUT2D eigenvalue weighted by Gasteiger charge is 2.15. The summed E-state index contributed by atoms with van der Waals surface area (Å²) >= 11 is 0. The lowest BCUT2D eigenvalue weighted by atomic mass is 10.1. The largest absolute Gasteiger partial charge is 0.493 e. The van der Waals surface area contributed by atoms with Gasteiger partial charge in [0, 0.05) is 12.7 Å². The van der Waals surface area contributed by atoms with Crippen molar-refractivity contribution in [3.63, 3.8) is 0 Å². The van der Waals surface area contributed by atoms with Crippen molar-refractivity contribution in [2.75, 3.05) is 27.4 Å². The molecule has 1 heterocycles. The molecule has 0 amide bonds. The fraction of sp³-hybridized carbons (Fsp3) is 0.471. The van der Waals surface area contributed by atoms with Crippen LogP contribution in [0.25, 0.3) is 6.08 Å². The van der Waals surface area contributed by atoms with Gasteiger partial charge in [-0.3, -0.25) is 0 Å². The van der Waals surface area contributed by atoms with Gasteiger partial charge >= 0.3 is 5.97 Å². The van der Waals surface area contributed by atoms with Gasteiger partial charge in [-0.25, -0.2) is 4.79 Å².